The minimum atomic E-state index is 0.0212. The molecule has 1 fully saturated rings. The maximum atomic E-state index is 13.1. The Morgan fingerprint density at radius 2 is 1.62 bits per heavy atom. The Labute approximate surface area is 157 Å². The number of amides is 2. The molecule has 0 bridgehead atoms. The van der Waals surface area contributed by atoms with Crippen LogP contribution in [0.1, 0.15) is 67.2 Å². The largest absolute Gasteiger partial charge is 0.339 e. The summed E-state index contributed by atoms with van der Waals surface area (Å²) in [5.74, 6) is 0.0562. The summed E-state index contributed by atoms with van der Waals surface area (Å²) in [6, 6.07) is 7.49. The molecule has 0 radical (unpaired) electrons. The highest BCUT2D eigenvalue weighted by molar-refractivity contribution is 5.99. The fraction of sp³-hybridized carbons (Fsp3) is 0.619. The van der Waals surface area contributed by atoms with Crippen LogP contribution in [-0.4, -0.2) is 60.4 Å². The van der Waals surface area contributed by atoms with Gasteiger partial charge in [-0.2, -0.15) is 0 Å². The lowest BCUT2D eigenvalue weighted by Crippen LogP contribution is -2.42. The average molecular weight is 360 g/mol. The molecule has 1 unspecified atom stereocenters. The highest BCUT2D eigenvalue weighted by Gasteiger charge is 2.27. The summed E-state index contributed by atoms with van der Waals surface area (Å²) in [6.07, 6.45) is 3.79. The van der Waals surface area contributed by atoms with Gasteiger partial charge in [0.2, 0.25) is 0 Å². The molecule has 1 aliphatic rings. The molecule has 1 aromatic carbocycles. The minimum Gasteiger partial charge on any atom is -0.339 e. The molecule has 0 aromatic heterocycles. The fourth-order valence-corrected chi connectivity index (χ4v) is 3.58. The lowest BCUT2D eigenvalue weighted by Gasteiger charge is -2.28. The molecule has 144 valence electrons. The number of nitrogens with one attached hydrogen (secondary N) is 1. The highest BCUT2D eigenvalue weighted by atomic mass is 16.2. The molecule has 0 aliphatic carbocycles. The molecule has 1 aromatic rings. The van der Waals surface area contributed by atoms with Crippen LogP contribution in [0.2, 0.25) is 0 Å². The third kappa shape index (κ3) is 5.07. The summed E-state index contributed by atoms with van der Waals surface area (Å²) in [5, 5.41) is 3.34. The van der Waals surface area contributed by atoms with Crippen LogP contribution >= 0.6 is 0 Å². The third-order valence-electron chi connectivity index (χ3n) is 4.83. The molecular formula is C21H33N3O2. The first-order valence-electron chi connectivity index (χ1n) is 10.0. The molecule has 1 aliphatic heterocycles. The van der Waals surface area contributed by atoms with Crippen LogP contribution in [0.5, 0.6) is 0 Å². The van der Waals surface area contributed by atoms with Gasteiger partial charge in [-0.1, -0.05) is 26.8 Å². The topological polar surface area (TPSA) is 52.7 Å². The van der Waals surface area contributed by atoms with Gasteiger partial charge in [-0.05, 0) is 50.4 Å². The number of benzene rings is 1. The zero-order valence-electron chi connectivity index (χ0n) is 16.5. The average Bonchev–Trinajstić information content (AvgIpc) is 3.19. The Morgan fingerprint density at radius 3 is 2.15 bits per heavy atom. The van der Waals surface area contributed by atoms with Crippen molar-refractivity contribution in [2.75, 3.05) is 32.7 Å². The van der Waals surface area contributed by atoms with Gasteiger partial charge in [-0.3, -0.25) is 9.59 Å². The van der Waals surface area contributed by atoms with E-state index in [2.05, 4.69) is 26.1 Å². The molecule has 2 amide bonds. The Balaban J connectivity index is 2.20. The van der Waals surface area contributed by atoms with Crippen LogP contribution in [0, 0.1) is 0 Å². The lowest BCUT2D eigenvalue weighted by molar-refractivity contribution is 0.0692. The zero-order chi connectivity index (χ0) is 18.9. The molecule has 26 heavy (non-hydrogen) atoms. The predicted molar refractivity (Wildman–Crippen MR) is 106 cm³/mol. The van der Waals surface area contributed by atoms with Gasteiger partial charge in [0.15, 0.2) is 0 Å². The smallest absolute Gasteiger partial charge is 0.254 e. The fourth-order valence-electron chi connectivity index (χ4n) is 3.58. The Bertz CT molecular complexity index is 591. The van der Waals surface area contributed by atoms with Gasteiger partial charge in [0.25, 0.3) is 11.8 Å². The van der Waals surface area contributed by atoms with Gasteiger partial charge in [-0.25, -0.2) is 0 Å². The van der Waals surface area contributed by atoms with E-state index in [1.165, 1.54) is 0 Å². The van der Waals surface area contributed by atoms with Crippen molar-refractivity contribution in [1.82, 2.24) is 15.1 Å². The SMILES string of the molecule is CCCN(CCC)C(=O)c1cccc(C(=O)N(CCC)C2CCNC2)c1. The second kappa shape index (κ2) is 10.3. The van der Waals surface area contributed by atoms with Crippen LogP contribution in [0.25, 0.3) is 0 Å². The predicted octanol–water partition coefficient (Wildman–Crippen LogP) is 3.16. The Hall–Kier alpha value is -1.88. The molecule has 1 N–H and O–H groups in total. The van der Waals surface area contributed by atoms with Gasteiger partial charge in [0.1, 0.15) is 0 Å². The number of hydrogen-bond acceptors (Lipinski definition) is 3. The van der Waals surface area contributed by atoms with E-state index in [1.807, 2.05) is 28.0 Å². The summed E-state index contributed by atoms with van der Waals surface area (Å²) < 4.78 is 0. The second-order valence-corrected chi connectivity index (χ2v) is 7.02. The van der Waals surface area contributed by atoms with E-state index in [-0.39, 0.29) is 17.9 Å². The number of carbonyl (C=O) groups excluding carboxylic acids is 2. The molecule has 1 heterocycles. The van der Waals surface area contributed by atoms with Gasteiger partial charge in [0.05, 0.1) is 0 Å². The van der Waals surface area contributed by atoms with E-state index in [0.717, 1.165) is 58.4 Å². The summed E-state index contributed by atoms with van der Waals surface area (Å²) >= 11 is 0. The molecule has 1 atom stereocenters. The van der Waals surface area contributed by atoms with Crippen LogP contribution in [0.3, 0.4) is 0 Å². The number of carbonyl (C=O) groups is 2. The molecule has 0 saturated carbocycles. The third-order valence-corrected chi connectivity index (χ3v) is 4.83. The van der Waals surface area contributed by atoms with E-state index < -0.39 is 0 Å². The molecule has 0 spiro atoms. The van der Waals surface area contributed by atoms with Crippen molar-refractivity contribution in [3.05, 3.63) is 35.4 Å². The monoisotopic (exact) mass is 359 g/mol. The molecule has 5 nitrogen and oxygen atoms in total. The molecular weight excluding hydrogens is 326 g/mol. The number of rotatable bonds is 9. The Morgan fingerprint density at radius 1 is 1.00 bits per heavy atom. The van der Waals surface area contributed by atoms with Crippen LogP contribution in [-0.2, 0) is 0 Å². The normalized spacial score (nSPS) is 16.5. The highest BCUT2D eigenvalue weighted by Crippen LogP contribution is 2.16. The maximum Gasteiger partial charge on any atom is 0.254 e. The maximum absolute atomic E-state index is 13.1. The van der Waals surface area contributed by atoms with Crippen LogP contribution < -0.4 is 5.32 Å². The number of hydrogen-bond donors (Lipinski definition) is 1. The summed E-state index contributed by atoms with van der Waals surface area (Å²) in [6.45, 7) is 10.3. The van der Waals surface area contributed by atoms with E-state index >= 15 is 0 Å². The van der Waals surface area contributed by atoms with Crippen molar-refractivity contribution in [1.29, 1.82) is 0 Å². The summed E-state index contributed by atoms with van der Waals surface area (Å²) in [4.78, 5) is 29.8. The van der Waals surface area contributed by atoms with E-state index in [9.17, 15) is 9.59 Å². The summed E-state index contributed by atoms with van der Waals surface area (Å²) in [5.41, 5.74) is 1.22. The van der Waals surface area contributed by atoms with Gasteiger partial charge in [-0.15, -0.1) is 0 Å². The standard InChI is InChI=1S/C21H33N3O2/c1-4-12-23(13-5-2)20(25)17-8-7-9-18(15-17)21(26)24(14-6-3)19-10-11-22-16-19/h7-9,15,19,22H,4-6,10-14,16H2,1-3H3. The first-order chi connectivity index (χ1) is 12.6. The van der Waals surface area contributed by atoms with Crippen molar-refractivity contribution in [2.45, 2.75) is 52.5 Å². The van der Waals surface area contributed by atoms with Crippen LogP contribution in [0.4, 0.5) is 0 Å². The molecule has 1 saturated heterocycles. The van der Waals surface area contributed by atoms with Crippen molar-refractivity contribution >= 4 is 11.8 Å². The Kier molecular flexibility index (Phi) is 8.10. The van der Waals surface area contributed by atoms with E-state index in [0.29, 0.717) is 11.1 Å². The lowest BCUT2D eigenvalue weighted by atomic mass is 10.1. The minimum absolute atomic E-state index is 0.0212. The first-order valence-corrected chi connectivity index (χ1v) is 10.0. The molecule has 2 rings (SSSR count). The van der Waals surface area contributed by atoms with E-state index in [1.54, 1.807) is 6.07 Å². The van der Waals surface area contributed by atoms with Gasteiger partial charge < -0.3 is 15.1 Å². The van der Waals surface area contributed by atoms with Gasteiger partial charge >= 0.3 is 0 Å². The van der Waals surface area contributed by atoms with Crippen molar-refractivity contribution in [3.63, 3.8) is 0 Å². The van der Waals surface area contributed by atoms with Crippen molar-refractivity contribution < 1.29 is 9.59 Å². The zero-order valence-corrected chi connectivity index (χ0v) is 16.5. The van der Waals surface area contributed by atoms with Gasteiger partial charge in [0, 0.05) is 43.3 Å². The summed E-state index contributed by atoms with van der Waals surface area (Å²) in [7, 11) is 0. The van der Waals surface area contributed by atoms with E-state index in [4.69, 9.17) is 0 Å². The van der Waals surface area contributed by atoms with Crippen molar-refractivity contribution in [2.24, 2.45) is 0 Å². The first kappa shape index (κ1) is 20.4. The number of nitrogens with zero attached hydrogens (tertiary/aromatic N) is 2. The quantitative estimate of drug-likeness (QED) is 0.737. The molecule has 5 heteroatoms. The van der Waals surface area contributed by atoms with Crippen LogP contribution in [0.15, 0.2) is 24.3 Å². The van der Waals surface area contributed by atoms with Crippen molar-refractivity contribution in [3.8, 4) is 0 Å². The second-order valence-electron chi connectivity index (χ2n) is 7.02.